The van der Waals surface area contributed by atoms with E-state index in [-0.39, 0.29) is 0 Å². The van der Waals surface area contributed by atoms with Gasteiger partial charge in [0, 0.05) is 21.3 Å². The minimum atomic E-state index is -0.522. The van der Waals surface area contributed by atoms with Crippen molar-refractivity contribution < 1.29 is 9.53 Å². The molecule has 0 fully saturated rings. The molecule has 24 heavy (non-hydrogen) atoms. The molecule has 0 bridgehead atoms. The van der Waals surface area contributed by atoms with Crippen molar-refractivity contribution in [3.8, 4) is 11.3 Å². The normalized spacial score (nSPS) is 13.2. The van der Waals surface area contributed by atoms with Gasteiger partial charge in [0.05, 0.1) is 11.4 Å². The van der Waals surface area contributed by atoms with Gasteiger partial charge in [-0.05, 0) is 55.3 Å². The molecular formula is C18H18BrN3O2. The number of ether oxygens (including phenoxy) is 1. The van der Waals surface area contributed by atoms with Crippen LogP contribution in [0, 0.1) is 0 Å². The summed E-state index contributed by atoms with van der Waals surface area (Å²) in [6.07, 6.45) is 4.00. The Hall–Kier alpha value is -2.21. The van der Waals surface area contributed by atoms with E-state index in [1.165, 1.54) is 0 Å². The maximum Gasteiger partial charge on any atom is 0.412 e. The Bertz CT molecular complexity index is 808. The Labute approximate surface area is 149 Å². The summed E-state index contributed by atoms with van der Waals surface area (Å²) in [5.41, 5.74) is 4.10. The Morgan fingerprint density at radius 2 is 1.83 bits per heavy atom. The zero-order valence-electron chi connectivity index (χ0n) is 13.8. The van der Waals surface area contributed by atoms with E-state index in [4.69, 9.17) is 4.74 Å². The average Bonchev–Trinajstić information content (AvgIpc) is 2.88. The molecule has 1 heterocycles. The number of benzene rings is 1. The summed E-state index contributed by atoms with van der Waals surface area (Å²) in [5, 5.41) is 2.72. The third kappa shape index (κ3) is 3.64. The van der Waals surface area contributed by atoms with Crippen LogP contribution in [0.4, 0.5) is 10.5 Å². The van der Waals surface area contributed by atoms with Crippen molar-refractivity contribution in [2.75, 3.05) is 5.32 Å². The number of hydrogen-bond acceptors (Lipinski definition) is 4. The molecule has 1 N–H and O–H groups in total. The van der Waals surface area contributed by atoms with Crippen LogP contribution in [-0.2, 0) is 11.2 Å². The molecule has 5 nitrogen and oxygen atoms in total. The van der Waals surface area contributed by atoms with Gasteiger partial charge in [-0.2, -0.15) is 0 Å². The van der Waals surface area contributed by atoms with Crippen LogP contribution < -0.4 is 5.32 Å². The smallest absolute Gasteiger partial charge is 0.412 e. The zero-order chi connectivity index (χ0) is 17.3. The van der Waals surface area contributed by atoms with E-state index in [1.807, 2.05) is 45.0 Å². The number of fused-ring (bicyclic) bond motifs is 1. The second kappa shape index (κ2) is 6.36. The van der Waals surface area contributed by atoms with Gasteiger partial charge in [-0.3, -0.25) is 5.32 Å². The Kier molecular flexibility index (Phi) is 4.41. The first-order chi connectivity index (χ1) is 11.3. The Morgan fingerprint density at radius 3 is 2.50 bits per heavy atom. The molecular weight excluding hydrogens is 370 g/mol. The lowest BCUT2D eigenvalue weighted by Crippen LogP contribution is -2.27. The van der Waals surface area contributed by atoms with E-state index in [2.05, 4.69) is 37.3 Å². The Morgan fingerprint density at radius 1 is 1.17 bits per heavy atom. The van der Waals surface area contributed by atoms with Gasteiger partial charge >= 0.3 is 6.09 Å². The highest BCUT2D eigenvalue weighted by molar-refractivity contribution is 9.15. The predicted molar refractivity (Wildman–Crippen MR) is 97.9 cm³/mol. The molecule has 3 rings (SSSR count). The molecule has 0 spiro atoms. The SMILES string of the molecule is CC(C)(C)OC(=O)Nc1ccc(-c2ncnc3c2CC=C3Br)cc1. The standard InChI is InChI=1S/C18H18BrN3O2/c1-18(2,3)24-17(23)22-12-6-4-11(5-7-12)15-13-8-9-14(19)16(13)21-10-20-15/h4-7,9-10H,8H2,1-3H3,(H,22,23). The van der Waals surface area contributed by atoms with Gasteiger partial charge < -0.3 is 4.74 Å². The number of rotatable bonds is 2. The van der Waals surface area contributed by atoms with E-state index >= 15 is 0 Å². The summed E-state index contributed by atoms with van der Waals surface area (Å²) in [6.45, 7) is 5.49. The number of nitrogens with one attached hydrogen (secondary N) is 1. The molecule has 0 atom stereocenters. The lowest BCUT2D eigenvalue weighted by atomic mass is 10.0. The van der Waals surface area contributed by atoms with Crippen LogP contribution in [0.15, 0.2) is 36.7 Å². The van der Waals surface area contributed by atoms with Crippen LogP contribution in [0.1, 0.15) is 32.0 Å². The van der Waals surface area contributed by atoms with Gasteiger partial charge in [-0.15, -0.1) is 0 Å². The van der Waals surface area contributed by atoms with E-state index in [9.17, 15) is 4.79 Å². The van der Waals surface area contributed by atoms with Crippen LogP contribution in [0.2, 0.25) is 0 Å². The lowest BCUT2D eigenvalue weighted by molar-refractivity contribution is 0.0636. The van der Waals surface area contributed by atoms with Crippen molar-refractivity contribution in [1.82, 2.24) is 9.97 Å². The Balaban J connectivity index is 1.78. The third-order valence-corrected chi connectivity index (χ3v) is 4.16. The largest absolute Gasteiger partial charge is 0.444 e. The summed E-state index contributed by atoms with van der Waals surface area (Å²) in [7, 11) is 0. The number of hydrogen-bond donors (Lipinski definition) is 1. The summed E-state index contributed by atoms with van der Waals surface area (Å²) in [6, 6.07) is 7.54. The van der Waals surface area contributed by atoms with Gasteiger partial charge in [0.15, 0.2) is 0 Å². The summed E-state index contributed by atoms with van der Waals surface area (Å²) in [5.74, 6) is 0. The molecule has 1 amide bonds. The molecule has 1 aliphatic carbocycles. The number of amides is 1. The maximum absolute atomic E-state index is 11.8. The van der Waals surface area contributed by atoms with Crippen LogP contribution in [0.25, 0.3) is 15.7 Å². The highest BCUT2D eigenvalue weighted by Gasteiger charge is 2.19. The molecule has 6 heteroatoms. The fourth-order valence-electron chi connectivity index (χ4n) is 2.48. The second-order valence-electron chi connectivity index (χ2n) is 6.51. The fraction of sp³-hybridized carbons (Fsp3) is 0.278. The first-order valence-electron chi connectivity index (χ1n) is 7.64. The van der Waals surface area contributed by atoms with E-state index in [1.54, 1.807) is 6.33 Å². The summed E-state index contributed by atoms with van der Waals surface area (Å²) < 4.78 is 6.25. The number of carbonyl (C=O) groups is 1. The minimum absolute atomic E-state index is 0.466. The van der Waals surface area contributed by atoms with Crippen molar-refractivity contribution in [3.05, 3.63) is 47.9 Å². The molecule has 1 aliphatic rings. The number of nitrogens with zero attached hydrogens (tertiary/aromatic N) is 2. The maximum atomic E-state index is 11.8. The first-order valence-corrected chi connectivity index (χ1v) is 8.43. The van der Waals surface area contributed by atoms with E-state index < -0.39 is 11.7 Å². The van der Waals surface area contributed by atoms with Crippen molar-refractivity contribution in [1.29, 1.82) is 0 Å². The van der Waals surface area contributed by atoms with Gasteiger partial charge in [0.2, 0.25) is 0 Å². The molecule has 0 saturated heterocycles. The van der Waals surface area contributed by atoms with Crippen molar-refractivity contribution >= 4 is 32.2 Å². The minimum Gasteiger partial charge on any atom is -0.444 e. The van der Waals surface area contributed by atoms with E-state index in [0.717, 1.165) is 33.4 Å². The highest BCUT2D eigenvalue weighted by atomic mass is 79.9. The summed E-state index contributed by atoms with van der Waals surface area (Å²) in [4.78, 5) is 20.5. The fourth-order valence-corrected chi connectivity index (χ4v) is 2.99. The third-order valence-electron chi connectivity index (χ3n) is 3.46. The quantitative estimate of drug-likeness (QED) is 0.804. The highest BCUT2D eigenvalue weighted by Crippen LogP contribution is 2.35. The topological polar surface area (TPSA) is 64.1 Å². The predicted octanol–water partition coefficient (Wildman–Crippen LogP) is 4.78. The van der Waals surface area contributed by atoms with Gasteiger partial charge in [-0.1, -0.05) is 18.2 Å². The average molecular weight is 388 g/mol. The van der Waals surface area contributed by atoms with Gasteiger partial charge in [0.25, 0.3) is 0 Å². The number of allylic oxidation sites excluding steroid dienone is 1. The molecule has 124 valence electrons. The number of halogens is 1. The molecule has 0 unspecified atom stereocenters. The zero-order valence-corrected chi connectivity index (χ0v) is 15.3. The number of anilines is 1. The van der Waals surface area contributed by atoms with Crippen LogP contribution in [0.3, 0.4) is 0 Å². The molecule has 0 saturated carbocycles. The molecule has 1 aromatic heterocycles. The molecule has 0 aliphatic heterocycles. The second-order valence-corrected chi connectivity index (χ2v) is 7.36. The number of carbonyl (C=O) groups excluding carboxylic acids is 1. The van der Waals surface area contributed by atoms with Gasteiger partial charge in [0.1, 0.15) is 11.9 Å². The first kappa shape index (κ1) is 16.6. The number of aromatic nitrogens is 2. The van der Waals surface area contributed by atoms with Gasteiger partial charge in [-0.25, -0.2) is 14.8 Å². The van der Waals surface area contributed by atoms with Crippen LogP contribution in [-0.4, -0.2) is 21.7 Å². The van der Waals surface area contributed by atoms with Crippen LogP contribution >= 0.6 is 15.9 Å². The molecule has 2 aromatic rings. The molecule has 0 radical (unpaired) electrons. The molecule has 1 aromatic carbocycles. The van der Waals surface area contributed by atoms with Crippen molar-refractivity contribution in [2.45, 2.75) is 32.8 Å². The van der Waals surface area contributed by atoms with E-state index in [0.29, 0.717) is 5.69 Å². The monoisotopic (exact) mass is 387 g/mol. The summed E-state index contributed by atoms with van der Waals surface area (Å²) >= 11 is 3.52. The van der Waals surface area contributed by atoms with Crippen molar-refractivity contribution in [2.24, 2.45) is 0 Å². The van der Waals surface area contributed by atoms with Crippen molar-refractivity contribution in [3.63, 3.8) is 0 Å². The van der Waals surface area contributed by atoms with Crippen LogP contribution in [0.5, 0.6) is 0 Å². The lowest BCUT2D eigenvalue weighted by Gasteiger charge is -2.19.